The van der Waals surface area contributed by atoms with Crippen LogP contribution in [-0.2, 0) is 0 Å². The summed E-state index contributed by atoms with van der Waals surface area (Å²) in [6.45, 7) is 1.54. The number of halogens is 1. The molecule has 1 fully saturated rings. The van der Waals surface area contributed by atoms with Crippen molar-refractivity contribution in [3.05, 3.63) is 66.0 Å². The van der Waals surface area contributed by atoms with Gasteiger partial charge in [-0.1, -0.05) is 12.1 Å². The molecule has 0 unspecified atom stereocenters. The highest BCUT2D eigenvalue weighted by Gasteiger charge is 2.24. The second-order valence-electron chi connectivity index (χ2n) is 7.11. The quantitative estimate of drug-likeness (QED) is 0.693. The van der Waals surface area contributed by atoms with Crippen molar-refractivity contribution in [1.82, 2.24) is 15.5 Å². The van der Waals surface area contributed by atoms with E-state index < -0.39 is 0 Å². The Hall–Kier alpha value is -3.35. The van der Waals surface area contributed by atoms with Crippen LogP contribution in [0.15, 0.2) is 54.6 Å². The van der Waals surface area contributed by atoms with Crippen LogP contribution in [0.4, 0.5) is 10.2 Å². The topological polar surface area (TPSA) is 70.2 Å². The summed E-state index contributed by atoms with van der Waals surface area (Å²) in [6, 6.07) is 15.5. The fourth-order valence-corrected chi connectivity index (χ4v) is 3.65. The Morgan fingerprint density at radius 2 is 2.03 bits per heavy atom. The number of H-pyrrole nitrogens is 1. The lowest BCUT2D eigenvalue weighted by atomic mass is 10.0. The normalized spacial score (nSPS) is 16.5. The van der Waals surface area contributed by atoms with E-state index in [-0.39, 0.29) is 17.8 Å². The fraction of sp³-hybridized carbons (Fsp3) is 0.273. The summed E-state index contributed by atoms with van der Waals surface area (Å²) in [5, 5.41) is 10.5. The van der Waals surface area contributed by atoms with Crippen molar-refractivity contribution < 1.29 is 13.9 Å². The van der Waals surface area contributed by atoms with Gasteiger partial charge in [0.25, 0.3) is 5.91 Å². The first-order valence-corrected chi connectivity index (χ1v) is 9.64. The van der Waals surface area contributed by atoms with E-state index in [1.807, 2.05) is 18.2 Å². The molecule has 4 rings (SSSR count). The number of hydrogen-bond donors (Lipinski definition) is 2. The number of benzene rings is 2. The molecule has 6 nitrogen and oxygen atoms in total. The summed E-state index contributed by atoms with van der Waals surface area (Å²) in [4.78, 5) is 14.8. The number of piperidine rings is 1. The molecule has 0 saturated carbocycles. The fourth-order valence-electron chi connectivity index (χ4n) is 3.65. The Balaban J connectivity index is 1.43. The predicted molar refractivity (Wildman–Crippen MR) is 110 cm³/mol. The number of rotatable bonds is 5. The molecule has 2 N–H and O–H groups in total. The zero-order chi connectivity index (χ0) is 20.2. The minimum Gasteiger partial charge on any atom is -0.496 e. The largest absolute Gasteiger partial charge is 0.496 e. The number of aromatic nitrogens is 2. The molecule has 1 aliphatic rings. The Bertz CT molecular complexity index is 986. The number of ether oxygens (including phenoxy) is 1. The van der Waals surface area contributed by atoms with E-state index in [1.54, 1.807) is 31.4 Å². The Morgan fingerprint density at radius 1 is 1.24 bits per heavy atom. The van der Waals surface area contributed by atoms with Gasteiger partial charge in [-0.15, -0.1) is 0 Å². The molecule has 150 valence electrons. The van der Waals surface area contributed by atoms with Crippen molar-refractivity contribution in [2.45, 2.75) is 18.9 Å². The van der Waals surface area contributed by atoms with Crippen molar-refractivity contribution in [2.24, 2.45) is 0 Å². The Labute approximate surface area is 168 Å². The van der Waals surface area contributed by atoms with Crippen LogP contribution in [0.25, 0.3) is 11.3 Å². The number of nitrogens with one attached hydrogen (secondary N) is 2. The molecule has 0 radical (unpaired) electrons. The van der Waals surface area contributed by atoms with Crippen LogP contribution in [-0.4, -0.2) is 42.3 Å². The van der Waals surface area contributed by atoms with E-state index in [9.17, 15) is 9.18 Å². The maximum absolute atomic E-state index is 13.1. The summed E-state index contributed by atoms with van der Waals surface area (Å²) in [5.74, 6) is 0.982. The van der Waals surface area contributed by atoms with Gasteiger partial charge < -0.3 is 15.0 Å². The molecular weight excluding hydrogens is 371 g/mol. The first-order chi connectivity index (χ1) is 14.1. The number of aromatic amines is 1. The van der Waals surface area contributed by atoms with Crippen LogP contribution in [0.1, 0.15) is 23.2 Å². The van der Waals surface area contributed by atoms with Gasteiger partial charge in [0.1, 0.15) is 11.6 Å². The second-order valence-corrected chi connectivity index (χ2v) is 7.11. The molecule has 7 heteroatoms. The number of anilines is 1. The first-order valence-electron chi connectivity index (χ1n) is 9.64. The molecule has 1 atom stereocenters. The summed E-state index contributed by atoms with van der Waals surface area (Å²) >= 11 is 0. The zero-order valence-electron chi connectivity index (χ0n) is 16.2. The van der Waals surface area contributed by atoms with E-state index in [0.717, 1.165) is 36.5 Å². The van der Waals surface area contributed by atoms with Gasteiger partial charge in [-0.25, -0.2) is 4.39 Å². The Morgan fingerprint density at radius 3 is 2.83 bits per heavy atom. The van der Waals surface area contributed by atoms with Crippen LogP contribution in [0.5, 0.6) is 5.75 Å². The van der Waals surface area contributed by atoms with Crippen molar-refractivity contribution in [3.63, 3.8) is 0 Å². The maximum Gasteiger partial charge on any atom is 0.255 e. The molecule has 29 heavy (non-hydrogen) atoms. The number of carbonyl (C=O) groups excluding carboxylic acids is 1. The standard InChI is InChI=1S/C22H23FN4O2/c1-29-20-7-3-2-6-18(20)22(28)24-17-5-4-12-27(14-17)21-13-19(25-26-21)15-8-10-16(23)11-9-15/h2-3,6-11,13,17H,4-5,12,14H2,1H3,(H,24,28)(H,25,26)/t17-/m0/s1. The van der Waals surface area contributed by atoms with Crippen LogP contribution < -0.4 is 15.0 Å². The predicted octanol–water partition coefficient (Wildman–Crippen LogP) is 3.62. The SMILES string of the molecule is COc1ccccc1C(=O)N[C@H]1CCCN(c2cc(-c3ccc(F)cc3)[nH]n2)C1. The molecule has 3 aromatic rings. The third-order valence-corrected chi connectivity index (χ3v) is 5.15. The van der Waals surface area contributed by atoms with E-state index in [4.69, 9.17) is 4.74 Å². The molecule has 2 aromatic carbocycles. The van der Waals surface area contributed by atoms with Gasteiger partial charge in [0.2, 0.25) is 0 Å². The monoisotopic (exact) mass is 394 g/mol. The third-order valence-electron chi connectivity index (χ3n) is 5.15. The van der Waals surface area contributed by atoms with Gasteiger partial charge in [-0.3, -0.25) is 9.89 Å². The molecule has 1 amide bonds. The smallest absolute Gasteiger partial charge is 0.255 e. The molecule has 1 saturated heterocycles. The van der Waals surface area contributed by atoms with Crippen LogP contribution in [0.2, 0.25) is 0 Å². The number of amides is 1. The summed E-state index contributed by atoms with van der Waals surface area (Å²) in [7, 11) is 1.56. The van der Waals surface area contributed by atoms with E-state index in [0.29, 0.717) is 17.9 Å². The first kappa shape index (κ1) is 19.0. The lowest BCUT2D eigenvalue weighted by Crippen LogP contribution is -2.48. The highest BCUT2D eigenvalue weighted by molar-refractivity contribution is 5.97. The number of nitrogens with zero attached hydrogens (tertiary/aromatic N) is 2. The van der Waals surface area contributed by atoms with Crippen LogP contribution in [0, 0.1) is 5.82 Å². The minimum absolute atomic E-state index is 0.0205. The number of methoxy groups -OCH3 is 1. The lowest BCUT2D eigenvalue weighted by Gasteiger charge is -2.33. The molecule has 0 bridgehead atoms. The second kappa shape index (κ2) is 8.34. The molecule has 0 aliphatic carbocycles. The number of hydrogen-bond acceptors (Lipinski definition) is 4. The van der Waals surface area contributed by atoms with Gasteiger partial charge in [0.15, 0.2) is 5.82 Å². The highest BCUT2D eigenvalue weighted by atomic mass is 19.1. The van der Waals surface area contributed by atoms with Gasteiger partial charge in [-0.05, 0) is 54.8 Å². The summed E-state index contributed by atoms with van der Waals surface area (Å²) < 4.78 is 18.4. The lowest BCUT2D eigenvalue weighted by molar-refractivity contribution is 0.0930. The van der Waals surface area contributed by atoms with Gasteiger partial charge in [0.05, 0.1) is 18.4 Å². The highest BCUT2D eigenvalue weighted by Crippen LogP contribution is 2.25. The maximum atomic E-state index is 13.1. The van der Waals surface area contributed by atoms with Crippen molar-refractivity contribution in [1.29, 1.82) is 0 Å². The summed E-state index contributed by atoms with van der Waals surface area (Å²) in [6.07, 6.45) is 1.86. The number of para-hydroxylation sites is 1. The molecular formula is C22H23FN4O2. The van der Waals surface area contributed by atoms with Gasteiger partial charge >= 0.3 is 0 Å². The van der Waals surface area contributed by atoms with E-state index in [1.165, 1.54) is 12.1 Å². The third kappa shape index (κ3) is 4.23. The summed E-state index contributed by atoms with van der Waals surface area (Å²) in [5.41, 5.74) is 2.24. The molecule has 0 spiro atoms. The molecule has 1 aromatic heterocycles. The zero-order valence-corrected chi connectivity index (χ0v) is 16.2. The van der Waals surface area contributed by atoms with Crippen molar-refractivity contribution in [2.75, 3.05) is 25.1 Å². The van der Waals surface area contributed by atoms with Crippen molar-refractivity contribution in [3.8, 4) is 17.0 Å². The average molecular weight is 394 g/mol. The van der Waals surface area contributed by atoms with Gasteiger partial charge in [0, 0.05) is 25.2 Å². The van der Waals surface area contributed by atoms with Crippen molar-refractivity contribution >= 4 is 11.7 Å². The van der Waals surface area contributed by atoms with E-state index >= 15 is 0 Å². The van der Waals surface area contributed by atoms with Gasteiger partial charge in [-0.2, -0.15) is 5.10 Å². The number of carbonyl (C=O) groups is 1. The van der Waals surface area contributed by atoms with Crippen LogP contribution in [0.3, 0.4) is 0 Å². The average Bonchev–Trinajstić information content (AvgIpc) is 3.25. The van der Waals surface area contributed by atoms with Crippen LogP contribution >= 0.6 is 0 Å². The Kier molecular flexibility index (Phi) is 5.46. The molecule has 2 heterocycles. The minimum atomic E-state index is -0.266. The molecule has 1 aliphatic heterocycles. The van der Waals surface area contributed by atoms with E-state index in [2.05, 4.69) is 20.4 Å².